The minimum Gasteiger partial charge on any atom is -0.435 e. The molecule has 0 radical (unpaired) electrons. The van der Waals surface area contributed by atoms with Crippen LogP contribution in [0.25, 0.3) is 0 Å². The van der Waals surface area contributed by atoms with E-state index < -0.39 is 22.5 Å². The number of amides is 1. The fraction of sp³-hybridized carbons (Fsp3) is 0.409. The van der Waals surface area contributed by atoms with Crippen molar-refractivity contribution >= 4 is 15.9 Å². The van der Waals surface area contributed by atoms with E-state index in [-0.39, 0.29) is 28.8 Å². The van der Waals surface area contributed by atoms with Crippen LogP contribution in [0, 0.1) is 6.92 Å². The zero-order valence-electron chi connectivity index (χ0n) is 17.5. The average molecular weight is 453 g/mol. The summed E-state index contributed by atoms with van der Waals surface area (Å²) in [6.07, 6.45) is 2.65. The summed E-state index contributed by atoms with van der Waals surface area (Å²) < 4.78 is 56.5. The Morgan fingerprint density at radius 2 is 1.90 bits per heavy atom. The summed E-state index contributed by atoms with van der Waals surface area (Å²) in [5, 5.41) is 2.75. The molecule has 31 heavy (non-hydrogen) atoms. The monoisotopic (exact) mass is 452 g/mol. The molecule has 1 atom stereocenters. The molecule has 0 spiro atoms. The van der Waals surface area contributed by atoms with Gasteiger partial charge in [0.25, 0.3) is 5.91 Å². The van der Waals surface area contributed by atoms with Crippen molar-refractivity contribution in [3.63, 3.8) is 0 Å². The molecule has 1 N–H and O–H groups in total. The van der Waals surface area contributed by atoms with Crippen LogP contribution in [0.3, 0.4) is 0 Å². The number of carbonyl (C=O) groups excluding carboxylic acids is 1. The molecule has 6 nitrogen and oxygen atoms in total. The molecule has 1 heterocycles. The topological polar surface area (TPSA) is 75.7 Å². The number of sulfonamides is 1. The van der Waals surface area contributed by atoms with Crippen LogP contribution in [0.4, 0.5) is 8.78 Å². The van der Waals surface area contributed by atoms with Gasteiger partial charge in [-0.2, -0.15) is 13.1 Å². The number of hydrogen-bond donors (Lipinski definition) is 1. The second-order valence-electron chi connectivity index (χ2n) is 7.64. The van der Waals surface area contributed by atoms with Gasteiger partial charge in [0, 0.05) is 24.7 Å². The van der Waals surface area contributed by atoms with Crippen LogP contribution in [-0.4, -0.2) is 37.8 Å². The Bertz CT molecular complexity index is 1030. The van der Waals surface area contributed by atoms with Gasteiger partial charge in [-0.15, -0.1) is 0 Å². The Morgan fingerprint density at radius 1 is 1.19 bits per heavy atom. The third kappa shape index (κ3) is 5.59. The lowest BCUT2D eigenvalue weighted by Crippen LogP contribution is -2.42. The largest absolute Gasteiger partial charge is 0.435 e. The fourth-order valence-corrected chi connectivity index (χ4v) is 5.36. The summed E-state index contributed by atoms with van der Waals surface area (Å²) in [6.45, 7) is 1.38. The number of aryl methyl sites for hydroxylation is 1. The quantitative estimate of drug-likeness (QED) is 0.687. The molecular formula is C22H26F2N2O4S. The first-order chi connectivity index (χ1) is 14.7. The molecule has 0 aromatic heterocycles. The summed E-state index contributed by atoms with van der Waals surface area (Å²) in [5.74, 6) is -0.375. The van der Waals surface area contributed by atoms with E-state index in [4.69, 9.17) is 0 Å². The number of carbonyl (C=O) groups is 1. The Labute approximate surface area is 181 Å². The predicted octanol–water partition coefficient (Wildman–Crippen LogP) is 4.09. The SMILES string of the molecule is Cc1ccc(S(=O)(=O)N2CCCCC2C)cc1C(=O)NCc1ccc(OC(F)F)cc1. The Morgan fingerprint density at radius 3 is 2.55 bits per heavy atom. The van der Waals surface area contributed by atoms with Gasteiger partial charge in [0.1, 0.15) is 5.75 Å². The number of piperidine rings is 1. The predicted molar refractivity (Wildman–Crippen MR) is 113 cm³/mol. The Kier molecular flexibility index (Phi) is 7.27. The smallest absolute Gasteiger partial charge is 0.387 e. The molecule has 3 rings (SSSR count). The summed E-state index contributed by atoms with van der Waals surface area (Å²) in [5.41, 5.74) is 1.63. The molecule has 1 aliphatic heterocycles. The first kappa shape index (κ1) is 23.1. The fourth-order valence-electron chi connectivity index (χ4n) is 3.64. The molecular weight excluding hydrogens is 426 g/mol. The van der Waals surface area contributed by atoms with Crippen LogP contribution in [0.2, 0.25) is 0 Å². The first-order valence-corrected chi connectivity index (χ1v) is 11.6. The van der Waals surface area contributed by atoms with Gasteiger partial charge >= 0.3 is 6.61 Å². The summed E-state index contributed by atoms with van der Waals surface area (Å²) >= 11 is 0. The molecule has 0 aliphatic carbocycles. The number of rotatable bonds is 7. The molecule has 1 unspecified atom stereocenters. The third-order valence-electron chi connectivity index (χ3n) is 5.40. The van der Waals surface area contributed by atoms with Gasteiger partial charge in [-0.05, 0) is 62.1 Å². The molecule has 0 bridgehead atoms. The number of benzene rings is 2. The van der Waals surface area contributed by atoms with E-state index in [2.05, 4.69) is 10.1 Å². The molecule has 1 saturated heterocycles. The van der Waals surface area contributed by atoms with Crippen molar-refractivity contribution in [3.05, 3.63) is 59.2 Å². The highest BCUT2D eigenvalue weighted by molar-refractivity contribution is 7.89. The summed E-state index contributed by atoms with van der Waals surface area (Å²) in [4.78, 5) is 12.8. The van der Waals surface area contributed by atoms with Crippen molar-refractivity contribution < 1.29 is 26.7 Å². The molecule has 1 fully saturated rings. The van der Waals surface area contributed by atoms with Gasteiger partial charge < -0.3 is 10.1 Å². The lowest BCUT2D eigenvalue weighted by atomic mass is 10.1. The lowest BCUT2D eigenvalue weighted by Gasteiger charge is -2.32. The number of halogens is 2. The maximum atomic E-state index is 13.1. The van der Waals surface area contributed by atoms with Crippen molar-refractivity contribution in [2.24, 2.45) is 0 Å². The van der Waals surface area contributed by atoms with Gasteiger partial charge in [0.15, 0.2) is 0 Å². The maximum absolute atomic E-state index is 13.1. The maximum Gasteiger partial charge on any atom is 0.387 e. The van der Waals surface area contributed by atoms with Crippen molar-refractivity contribution in [2.45, 2.75) is 57.2 Å². The van der Waals surface area contributed by atoms with Crippen molar-refractivity contribution in [1.82, 2.24) is 9.62 Å². The zero-order valence-corrected chi connectivity index (χ0v) is 18.3. The van der Waals surface area contributed by atoms with Crippen LogP contribution in [0.5, 0.6) is 5.75 Å². The molecule has 2 aromatic carbocycles. The van der Waals surface area contributed by atoms with E-state index in [0.717, 1.165) is 19.3 Å². The number of hydrogen-bond acceptors (Lipinski definition) is 4. The summed E-state index contributed by atoms with van der Waals surface area (Å²) in [7, 11) is -3.69. The van der Waals surface area contributed by atoms with E-state index >= 15 is 0 Å². The molecule has 2 aromatic rings. The summed E-state index contributed by atoms with van der Waals surface area (Å²) in [6, 6.07) is 10.4. The third-order valence-corrected chi connectivity index (χ3v) is 7.41. The van der Waals surface area contributed by atoms with Crippen molar-refractivity contribution in [3.8, 4) is 5.75 Å². The van der Waals surface area contributed by atoms with E-state index in [1.807, 2.05) is 6.92 Å². The van der Waals surface area contributed by atoms with Crippen LogP contribution in [0.1, 0.15) is 47.7 Å². The van der Waals surface area contributed by atoms with E-state index in [0.29, 0.717) is 17.7 Å². The lowest BCUT2D eigenvalue weighted by molar-refractivity contribution is -0.0498. The minimum atomic E-state index is -3.69. The number of alkyl halides is 2. The van der Waals surface area contributed by atoms with Gasteiger partial charge in [-0.1, -0.05) is 24.6 Å². The van der Waals surface area contributed by atoms with E-state index in [1.165, 1.54) is 28.6 Å². The molecule has 168 valence electrons. The molecule has 1 aliphatic rings. The second-order valence-corrected chi connectivity index (χ2v) is 9.53. The molecule has 1 amide bonds. The highest BCUT2D eigenvalue weighted by Crippen LogP contribution is 2.26. The second kappa shape index (κ2) is 9.74. The van der Waals surface area contributed by atoms with Crippen LogP contribution in [0.15, 0.2) is 47.4 Å². The number of ether oxygens (including phenoxy) is 1. The number of nitrogens with zero attached hydrogens (tertiary/aromatic N) is 1. The molecule has 0 saturated carbocycles. The first-order valence-electron chi connectivity index (χ1n) is 10.1. The normalized spacial score (nSPS) is 17.5. The average Bonchev–Trinajstić information content (AvgIpc) is 2.73. The van der Waals surface area contributed by atoms with Gasteiger partial charge in [-0.3, -0.25) is 4.79 Å². The van der Waals surface area contributed by atoms with Gasteiger partial charge in [-0.25, -0.2) is 8.42 Å². The van der Waals surface area contributed by atoms with Crippen LogP contribution >= 0.6 is 0 Å². The van der Waals surface area contributed by atoms with Crippen molar-refractivity contribution in [1.29, 1.82) is 0 Å². The number of nitrogens with one attached hydrogen (secondary N) is 1. The highest BCUT2D eigenvalue weighted by Gasteiger charge is 2.31. The Hall–Kier alpha value is -2.52. The molecule has 9 heteroatoms. The Balaban J connectivity index is 1.73. The van der Waals surface area contributed by atoms with E-state index in [1.54, 1.807) is 25.1 Å². The minimum absolute atomic E-state index is 0.0331. The standard InChI is InChI=1S/C22H26F2N2O4S/c1-15-6-11-19(31(28,29)26-12-4-3-5-16(26)2)13-20(15)21(27)25-14-17-7-9-18(10-8-17)30-22(23)24/h6-11,13,16,22H,3-5,12,14H2,1-2H3,(H,25,27). The van der Waals surface area contributed by atoms with Gasteiger partial charge in [0.05, 0.1) is 4.90 Å². The van der Waals surface area contributed by atoms with Gasteiger partial charge in [0.2, 0.25) is 10.0 Å². The zero-order chi connectivity index (χ0) is 22.6. The highest BCUT2D eigenvalue weighted by atomic mass is 32.2. The van der Waals surface area contributed by atoms with Crippen LogP contribution < -0.4 is 10.1 Å². The van der Waals surface area contributed by atoms with Crippen LogP contribution in [-0.2, 0) is 16.6 Å². The van der Waals surface area contributed by atoms with E-state index in [9.17, 15) is 22.0 Å². The van der Waals surface area contributed by atoms with Crippen molar-refractivity contribution in [2.75, 3.05) is 6.54 Å².